The number of nitrogens with one attached hydrogen (secondary N) is 1. The molecule has 1 saturated heterocycles. The van der Waals surface area contributed by atoms with Crippen LogP contribution in [0.15, 0.2) is 24.3 Å². The third-order valence-electron chi connectivity index (χ3n) is 4.64. The first-order valence-electron chi connectivity index (χ1n) is 8.01. The Morgan fingerprint density at radius 2 is 1.76 bits per heavy atom. The third kappa shape index (κ3) is 4.68. The van der Waals surface area contributed by atoms with Crippen LogP contribution in [0.3, 0.4) is 0 Å². The smallest absolute Gasteiger partial charge is 0.123 e. The van der Waals surface area contributed by atoms with Crippen molar-refractivity contribution in [3.05, 3.63) is 30.1 Å². The SMILES string of the molecule is CCC(O)(CC)CN1CCC(Nc2ccc(F)cc2)CC1. The van der Waals surface area contributed by atoms with E-state index in [1.807, 2.05) is 13.8 Å². The predicted molar refractivity (Wildman–Crippen MR) is 85.0 cm³/mol. The number of likely N-dealkylation sites (tertiary alicyclic amines) is 1. The second-order valence-electron chi connectivity index (χ2n) is 6.13. The molecule has 0 atom stereocenters. The van der Waals surface area contributed by atoms with E-state index in [9.17, 15) is 9.50 Å². The summed E-state index contributed by atoms with van der Waals surface area (Å²) >= 11 is 0. The second-order valence-corrected chi connectivity index (χ2v) is 6.13. The first-order chi connectivity index (χ1) is 10.0. The summed E-state index contributed by atoms with van der Waals surface area (Å²) in [7, 11) is 0. The number of rotatable bonds is 6. The molecule has 0 unspecified atom stereocenters. The number of hydrogen-bond donors (Lipinski definition) is 2. The average molecular weight is 294 g/mol. The molecule has 0 amide bonds. The van der Waals surface area contributed by atoms with Crippen molar-refractivity contribution in [2.45, 2.75) is 51.2 Å². The van der Waals surface area contributed by atoms with Crippen molar-refractivity contribution in [3.63, 3.8) is 0 Å². The molecule has 118 valence electrons. The van der Waals surface area contributed by atoms with Crippen molar-refractivity contribution >= 4 is 5.69 Å². The van der Waals surface area contributed by atoms with E-state index in [-0.39, 0.29) is 5.82 Å². The second kappa shape index (κ2) is 7.23. The van der Waals surface area contributed by atoms with Crippen LogP contribution < -0.4 is 5.32 Å². The normalized spacial score (nSPS) is 17.9. The van der Waals surface area contributed by atoms with Gasteiger partial charge in [-0.3, -0.25) is 0 Å². The Balaban J connectivity index is 1.79. The molecular formula is C17H27FN2O. The fraction of sp³-hybridized carbons (Fsp3) is 0.647. The van der Waals surface area contributed by atoms with Crippen molar-refractivity contribution in [1.82, 2.24) is 4.90 Å². The quantitative estimate of drug-likeness (QED) is 0.845. The van der Waals surface area contributed by atoms with Gasteiger partial charge in [0, 0.05) is 31.4 Å². The monoisotopic (exact) mass is 294 g/mol. The summed E-state index contributed by atoms with van der Waals surface area (Å²) in [5.74, 6) is -0.200. The Kier molecular flexibility index (Phi) is 5.59. The van der Waals surface area contributed by atoms with Crippen molar-refractivity contribution in [3.8, 4) is 0 Å². The zero-order valence-electron chi connectivity index (χ0n) is 13.1. The molecule has 0 saturated carbocycles. The predicted octanol–water partition coefficient (Wildman–Crippen LogP) is 3.25. The summed E-state index contributed by atoms with van der Waals surface area (Å²) in [4.78, 5) is 2.36. The van der Waals surface area contributed by atoms with Crippen LogP contribution >= 0.6 is 0 Å². The number of nitrogens with zero attached hydrogens (tertiary/aromatic N) is 1. The lowest BCUT2D eigenvalue weighted by molar-refractivity contribution is -0.00840. The zero-order chi connectivity index (χ0) is 15.3. The van der Waals surface area contributed by atoms with Crippen LogP contribution in [-0.4, -0.2) is 41.3 Å². The summed E-state index contributed by atoms with van der Waals surface area (Å²) in [6, 6.07) is 6.98. The molecule has 0 bridgehead atoms. The molecule has 2 N–H and O–H groups in total. The van der Waals surface area contributed by atoms with Crippen LogP contribution in [-0.2, 0) is 0 Å². The number of halogens is 1. The highest BCUT2D eigenvalue weighted by molar-refractivity contribution is 5.43. The van der Waals surface area contributed by atoms with Gasteiger partial charge in [0.2, 0.25) is 0 Å². The Hall–Kier alpha value is -1.13. The minimum atomic E-state index is -0.544. The molecule has 0 aromatic heterocycles. The highest BCUT2D eigenvalue weighted by atomic mass is 19.1. The van der Waals surface area contributed by atoms with E-state index in [1.54, 1.807) is 12.1 Å². The summed E-state index contributed by atoms with van der Waals surface area (Å²) in [6.07, 6.45) is 3.72. The van der Waals surface area contributed by atoms with E-state index in [0.29, 0.717) is 6.04 Å². The molecule has 3 nitrogen and oxygen atoms in total. The van der Waals surface area contributed by atoms with Gasteiger partial charge in [0.25, 0.3) is 0 Å². The van der Waals surface area contributed by atoms with E-state index in [0.717, 1.165) is 51.0 Å². The molecule has 0 spiro atoms. The minimum absolute atomic E-state index is 0.200. The van der Waals surface area contributed by atoms with Gasteiger partial charge in [-0.15, -0.1) is 0 Å². The van der Waals surface area contributed by atoms with Gasteiger partial charge in [-0.1, -0.05) is 13.8 Å². The maximum atomic E-state index is 12.9. The minimum Gasteiger partial charge on any atom is -0.389 e. The van der Waals surface area contributed by atoms with E-state index in [2.05, 4.69) is 10.2 Å². The Bertz CT molecular complexity index is 423. The molecule has 1 heterocycles. The molecule has 1 aliphatic heterocycles. The van der Waals surface area contributed by atoms with Crippen LogP contribution in [0.4, 0.5) is 10.1 Å². The summed E-state index contributed by atoms with van der Waals surface area (Å²) in [6.45, 7) is 6.87. The van der Waals surface area contributed by atoms with Gasteiger partial charge in [0.1, 0.15) is 5.82 Å². The molecule has 2 rings (SSSR count). The van der Waals surface area contributed by atoms with Crippen molar-refractivity contribution < 1.29 is 9.50 Å². The largest absolute Gasteiger partial charge is 0.389 e. The Morgan fingerprint density at radius 3 is 2.29 bits per heavy atom. The first-order valence-corrected chi connectivity index (χ1v) is 8.01. The summed E-state index contributed by atoms with van der Waals surface area (Å²) in [5, 5.41) is 13.9. The highest BCUT2D eigenvalue weighted by Gasteiger charge is 2.28. The standard InChI is InChI=1S/C17H27FN2O/c1-3-17(21,4-2)13-20-11-9-16(10-12-20)19-15-7-5-14(18)6-8-15/h5-8,16,19,21H,3-4,9-13H2,1-2H3. The number of hydrogen-bond acceptors (Lipinski definition) is 3. The van der Waals surface area contributed by atoms with Crippen LogP contribution in [0.5, 0.6) is 0 Å². The van der Waals surface area contributed by atoms with Gasteiger partial charge in [-0.05, 0) is 49.9 Å². The molecule has 0 radical (unpaired) electrons. The van der Waals surface area contributed by atoms with Crippen molar-refractivity contribution in [2.24, 2.45) is 0 Å². The maximum absolute atomic E-state index is 12.9. The van der Waals surface area contributed by atoms with Gasteiger partial charge < -0.3 is 15.3 Å². The molecule has 1 aromatic rings. The van der Waals surface area contributed by atoms with Gasteiger partial charge in [-0.2, -0.15) is 0 Å². The molecule has 0 aliphatic carbocycles. The average Bonchev–Trinajstić information content (AvgIpc) is 2.51. The highest BCUT2D eigenvalue weighted by Crippen LogP contribution is 2.21. The summed E-state index contributed by atoms with van der Waals surface area (Å²) < 4.78 is 12.9. The number of benzene rings is 1. The molecule has 1 fully saturated rings. The number of aliphatic hydroxyl groups is 1. The lowest BCUT2D eigenvalue weighted by atomic mass is 9.95. The van der Waals surface area contributed by atoms with E-state index in [1.165, 1.54) is 12.1 Å². The van der Waals surface area contributed by atoms with Gasteiger partial charge in [0.15, 0.2) is 0 Å². The number of β-amino-alcohol motifs (C(OH)–C–C–N with tert-alkyl or cyclic N) is 1. The molecule has 1 aromatic carbocycles. The summed E-state index contributed by atoms with van der Waals surface area (Å²) in [5.41, 5.74) is 0.436. The van der Waals surface area contributed by atoms with Crippen molar-refractivity contribution in [2.75, 3.05) is 25.0 Å². The Labute approximate surface area is 127 Å². The van der Waals surface area contributed by atoms with Gasteiger partial charge in [0.05, 0.1) is 5.60 Å². The van der Waals surface area contributed by atoms with Gasteiger partial charge in [-0.25, -0.2) is 4.39 Å². The Morgan fingerprint density at radius 1 is 1.19 bits per heavy atom. The van der Waals surface area contributed by atoms with Gasteiger partial charge >= 0.3 is 0 Å². The van der Waals surface area contributed by atoms with Crippen molar-refractivity contribution in [1.29, 1.82) is 0 Å². The number of anilines is 1. The fourth-order valence-electron chi connectivity index (χ4n) is 2.91. The van der Waals surface area contributed by atoms with Crippen LogP contribution in [0.25, 0.3) is 0 Å². The lowest BCUT2D eigenvalue weighted by Crippen LogP contribution is -2.47. The topological polar surface area (TPSA) is 35.5 Å². The molecule has 21 heavy (non-hydrogen) atoms. The van der Waals surface area contributed by atoms with Crippen LogP contribution in [0, 0.1) is 5.82 Å². The lowest BCUT2D eigenvalue weighted by Gasteiger charge is -2.38. The fourth-order valence-corrected chi connectivity index (χ4v) is 2.91. The molecular weight excluding hydrogens is 267 g/mol. The number of piperidine rings is 1. The first kappa shape index (κ1) is 16.2. The van der Waals surface area contributed by atoms with Crippen LogP contribution in [0.2, 0.25) is 0 Å². The zero-order valence-corrected chi connectivity index (χ0v) is 13.1. The molecule has 4 heteroatoms. The van der Waals surface area contributed by atoms with E-state index in [4.69, 9.17) is 0 Å². The maximum Gasteiger partial charge on any atom is 0.123 e. The van der Waals surface area contributed by atoms with Crippen LogP contribution in [0.1, 0.15) is 39.5 Å². The van der Waals surface area contributed by atoms with E-state index < -0.39 is 5.60 Å². The molecule has 1 aliphatic rings. The van der Waals surface area contributed by atoms with E-state index >= 15 is 0 Å². The third-order valence-corrected chi connectivity index (χ3v) is 4.64.